The first-order chi connectivity index (χ1) is 15.0. The third kappa shape index (κ3) is 3.15. The summed E-state index contributed by atoms with van der Waals surface area (Å²) in [4.78, 5) is 23.5. The first-order valence-corrected chi connectivity index (χ1v) is 10.2. The minimum Gasteiger partial charge on any atom is -0.481 e. The van der Waals surface area contributed by atoms with Crippen LogP contribution in [0.15, 0.2) is 47.3 Å². The molecule has 0 fully saturated rings. The number of ether oxygens (including phenoxy) is 1. The number of carbonyl (C=O) groups is 1. The lowest BCUT2D eigenvalue weighted by Crippen LogP contribution is -2.49. The molecular weight excluding hydrogens is 378 g/mol. The third-order valence-electron chi connectivity index (χ3n) is 6.02. The first-order valence-electron chi connectivity index (χ1n) is 10.6. The van der Waals surface area contributed by atoms with E-state index in [0.29, 0.717) is 24.5 Å². The van der Waals surface area contributed by atoms with Gasteiger partial charge < -0.3 is 15.4 Å². The van der Waals surface area contributed by atoms with Crippen molar-refractivity contribution in [3.8, 4) is 17.0 Å². The van der Waals surface area contributed by atoms with Crippen LogP contribution in [0.25, 0.3) is 11.1 Å². The zero-order chi connectivity index (χ0) is 21.7. The molecule has 0 saturated carbocycles. The molecular formula is C23H25N5O2. The topological polar surface area (TPSA) is 79.4 Å². The van der Waals surface area contributed by atoms with E-state index in [-0.39, 0.29) is 12.1 Å². The van der Waals surface area contributed by atoms with Crippen molar-refractivity contribution in [2.75, 3.05) is 20.2 Å². The van der Waals surface area contributed by atoms with Crippen LogP contribution in [0.2, 0.25) is 1.41 Å². The second-order valence-electron chi connectivity index (χ2n) is 7.97. The number of aromatic nitrogens is 2. The molecule has 0 saturated heterocycles. The van der Waals surface area contributed by atoms with E-state index < -0.39 is 0 Å². The summed E-state index contributed by atoms with van der Waals surface area (Å²) in [7, 11) is 1.62. The highest BCUT2D eigenvalue weighted by molar-refractivity contribution is 6.00. The molecule has 2 N–H and O–H groups in total. The van der Waals surface area contributed by atoms with E-state index in [1.54, 1.807) is 7.11 Å². The molecule has 2 aromatic heterocycles. The quantitative estimate of drug-likeness (QED) is 0.816. The molecule has 154 valence electrons. The minimum atomic E-state index is -0.187. The van der Waals surface area contributed by atoms with Gasteiger partial charge in [-0.3, -0.25) is 14.7 Å². The molecule has 5 heterocycles. The van der Waals surface area contributed by atoms with E-state index in [2.05, 4.69) is 21.3 Å². The monoisotopic (exact) mass is 404 g/mol. The number of fused-ring (bicyclic) bond motifs is 1. The number of nitrogens with zero attached hydrogens (tertiary/aromatic N) is 3. The molecule has 3 aliphatic rings. The molecule has 0 bridgehead atoms. The Kier molecular flexibility index (Phi) is 4.27. The Morgan fingerprint density at radius 2 is 2.20 bits per heavy atom. The number of aryl methyl sites for hydroxylation is 1. The molecule has 0 radical (unpaired) electrons. The van der Waals surface area contributed by atoms with Gasteiger partial charge in [0.25, 0.3) is 5.91 Å². The number of nitrogens with one attached hydrogen (secondary N) is 2. The fraction of sp³-hybridized carbons (Fsp3) is 0.348. The van der Waals surface area contributed by atoms with Gasteiger partial charge in [0, 0.05) is 60.0 Å². The van der Waals surface area contributed by atoms with Crippen molar-refractivity contribution in [2.45, 2.75) is 33.0 Å². The number of methoxy groups -OCH3 is 1. The van der Waals surface area contributed by atoms with Gasteiger partial charge in [-0.15, -0.1) is 0 Å². The average molecular weight is 404 g/mol. The fourth-order valence-corrected chi connectivity index (χ4v) is 4.43. The van der Waals surface area contributed by atoms with Crippen molar-refractivity contribution in [2.24, 2.45) is 0 Å². The maximum Gasteiger partial charge on any atom is 0.253 e. The zero-order valence-electron chi connectivity index (χ0n) is 18.4. The number of carbonyl (C=O) groups excluding carboxylic acids is 1. The van der Waals surface area contributed by atoms with Gasteiger partial charge in [0.15, 0.2) is 1.41 Å². The number of dihydropyridines is 1. The highest BCUT2D eigenvalue weighted by Gasteiger charge is 2.32. The molecule has 7 heteroatoms. The Bertz CT molecular complexity index is 1140. The Hall–Kier alpha value is -3.19. The van der Waals surface area contributed by atoms with Crippen molar-refractivity contribution in [3.05, 3.63) is 64.3 Å². The Labute approximate surface area is 177 Å². The molecule has 2 aromatic rings. The highest BCUT2D eigenvalue weighted by atomic mass is 16.5. The van der Waals surface area contributed by atoms with Gasteiger partial charge in [0.1, 0.15) is 6.17 Å². The van der Waals surface area contributed by atoms with Gasteiger partial charge in [0.05, 0.1) is 19.2 Å². The number of rotatable bonds is 3. The van der Waals surface area contributed by atoms with Gasteiger partial charge >= 0.3 is 0 Å². The lowest BCUT2D eigenvalue weighted by Gasteiger charge is -2.38. The van der Waals surface area contributed by atoms with Crippen molar-refractivity contribution in [1.82, 2.24) is 25.5 Å². The van der Waals surface area contributed by atoms with Crippen LogP contribution in [0.4, 0.5) is 0 Å². The Balaban J connectivity index is 1.43. The maximum absolute atomic E-state index is 12.0. The van der Waals surface area contributed by atoms with Gasteiger partial charge in [-0.05, 0) is 43.2 Å². The number of amides is 1. The minimum absolute atomic E-state index is 0.0913. The summed E-state index contributed by atoms with van der Waals surface area (Å²) < 4.78 is 13.9. The van der Waals surface area contributed by atoms with Crippen LogP contribution in [-0.4, -0.2) is 47.1 Å². The van der Waals surface area contributed by atoms with Crippen LogP contribution in [0.3, 0.4) is 0 Å². The van der Waals surface area contributed by atoms with Crippen molar-refractivity contribution in [3.63, 3.8) is 0 Å². The summed E-state index contributed by atoms with van der Waals surface area (Å²) in [5.41, 5.74) is 7.61. The largest absolute Gasteiger partial charge is 0.481 e. The van der Waals surface area contributed by atoms with Gasteiger partial charge in [-0.25, -0.2) is 4.98 Å². The van der Waals surface area contributed by atoms with Crippen LogP contribution in [0, 0.1) is 6.92 Å². The van der Waals surface area contributed by atoms with E-state index in [9.17, 15) is 4.79 Å². The van der Waals surface area contributed by atoms with E-state index in [1.807, 2.05) is 38.3 Å². The second-order valence-corrected chi connectivity index (χ2v) is 7.97. The Morgan fingerprint density at radius 3 is 3.00 bits per heavy atom. The molecule has 0 aromatic carbocycles. The molecule has 0 spiro atoms. The SMILES string of the molecule is [2H]N1C2=C(C=C(C)C1N1CCc3ncc(-c4ccc(OC)nc4C)cc3C1)C(=O)NC2. The molecule has 5 rings (SSSR count). The molecule has 7 nitrogen and oxygen atoms in total. The molecule has 3 aliphatic heterocycles. The van der Waals surface area contributed by atoms with Gasteiger partial charge in [-0.1, -0.05) is 0 Å². The van der Waals surface area contributed by atoms with E-state index in [4.69, 9.17) is 11.1 Å². The van der Waals surface area contributed by atoms with Crippen molar-refractivity contribution < 1.29 is 10.9 Å². The van der Waals surface area contributed by atoms with Crippen LogP contribution >= 0.6 is 0 Å². The summed E-state index contributed by atoms with van der Waals surface area (Å²) in [6.07, 6.45) is 4.49. The molecule has 0 aliphatic carbocycles. The molecule has 1 amide bonds. The first kappa shape index (κ1) is 17.7. The van der Waals surface area contributed by atoms with Gasteiger partial charge in [-0.2, -0.15) is 0 Å². The molecule has 1 unspecified atom stereocenters. The second kappa shape index (κ2) is 7.25. The maximum atomic E-state index is 12.0. The van der Waals surface area contributed by atoms with Crippen LogP contribution in [0.5, 0.6) is 5.88 Å². The number of pyridine rings is 2. The van der Waals surface area contributed by atoms with Crippen LogP contribution in [-0.2, 0) is 17.8 Å². The summed E-state index contributed by atoms with van der Waals surface area (Å²) in [6, 6.07) is 6.07. The lowest BCUT2D eigenvalue weighted by molar-refractivity contribution is -0.116. The number of hydrogen-bond donors (Lipinski definition) is 2. The fourth-order valence-electron chi connectivity index (χ4n) is 4.43. The number of hydrogen-bond acceptors (Lipinski definition) is 6. The van der Waals surface area contributed by atoms with Crippen molar-refractivity contribution in [1.29, 1.82) is 0 Å². The summed E-state index contributed by atoms with van der Waals surface area (Å²) >= 11 is 0. The van der Waals surface area contributed by atoms with E-state index in [0.717, 1.165) is 46.8 Å². The normalized spacial score (nSPS) is 21.6. The van der Waals surface area contributed by atoms with E-state index >= 15 is 0 Å². The van der Waals surface area contributed by atoms with Crippen molar-refractivity contribution >= 4 is 5.91 Å². The zero-order valence-corrected chi connectivity index (χ0v) is 17.4. The average Bonchev–Trinajstić information content (AvgIpc) is 3.14. The summed E-state index contributed by atoms with van der Waals surface area (Å²) in [5.74, 6) is 0.508. The predicted octanol–water partition coefficient (Wildman–Crippen LogP) is 2.08. The van der Waals surface area contributed by atoms with Crippen LogP contribution < -0.4 is 15.4 Å². The van der Waals surface area contributed by atoms with Crippen LogP contribution in [0.1, 0.15) is 23.9 Å². The smallest absolute Gasteiger partial charge is 0.253 e. The third-order valence-corrected chi connectivity index (χ3v) is 6.02. The molecule has 30 heavy (non-hydrogen) atoms. The Morgan fingerprint density at radius 1 is 1.33 bits per heavy atom. The standard InChI is InChI=1S/C23H25N5O2/c1-13-8-18-20(11-25-23(18)29)27-22(13)28-7-6-19-16(12-28)9-15(10-24-19)17-4-5-21(30-3)26-14(17)2/h4-5,8-10,22,27H,6-7,11-12H2,1-3H3,(H,25,29)/i/hD. The van der Waals surface area contributed by atoms with E-state index in [1.165, 1.54) is 10.9 Å². The highest BCUT2D eigenvalue weighted by Crippen LogP contribution is 2.30. The summed E-state index contributed by atoms with van der Waals surface area (Å²) in [5, 5.41) is 4.33. The van der Waals surface area contributed by atoms with Gasteiger partial charge in [0.2, 0.25) is 5.88 Å². The lowest BCUT2D eigenvalue weighted by atomic mass is 9.97. The molecule has 1 atom stereocenters. The predicted molar refractivity (Wildman–Crippen MR) is 114 cm³/mol. The summed E-state index contributed by atoms with van der Waals surface area (Å²) in [6.45, 7) is 5.90.